The second kappa shape index (κ2) is 6.76. The number of nitrogens with one attached hydrogen (secondary N) is 1. The van der Waals surface area contributed by atoms with Crippen molar-refractivity contribution in [3.8, 4) is 0 Å². The fourth-order valence-electron chi connectivity index (χ4n) is 2.66. The lowest BCUT2D eigenvalue weighted by molar-refractivity contribution is 0.0977. The van der Waals surface area contributed by atoms with Gasteiger partial charge in [0.25, 0.3) is 11.8 Å². The standard InChI is InChI=1S/C19H17FN2O3/c1-2-3-11-4-6-12(7-5-11)19(24)22-16-14-10-13(20)8-9-15(14)25-17(16)18(21)23/h4-10H,2-3H2,1H3,(H2,21,23)(H,22,24). The van der Waals surface area contributed by atoms with Crippen LogP contribution in [0.4, 0.5) is 10.1 Å². The Labute approximate surface area is 143 Å². The van der Waals surface area contributed by atoms with Gasteiger partial charge in [0.2, 0.25) is 5.76 Å². The second-order valence-corrected chi connectivity index (χ2v) is 5.71. The fraction of sp³-hybridized carbons (Fsp3) is 0.158. The van der Waals surface area contributed by atoms with Gasteiger partial charge in [0, 0.05) is 10.9 Å². The Hall–Kier alpha value is -3.15. The SMILES string of the molecule is CCCc1ccc(C(=O)Nc2c(C(N)=O)oc3ccc(F)cc23)cc1. The summed E-state index contributed by atoms with van der Waals surface area (Å²) in [5.41, 5.74) is 7.20. The number of carbonyl (C=O) groups is 2. The number of fused-ring (bicyclic) bond motifs is 1. The first-order valence-corrected chi connectivity index (χ1v) is 7.91. The van der Waals surface area contributed by atoms with E-state index in [1.54, 1.807) is 12.1 Å². The fourth-order valence-corrected chi connectivity index (χ4v) is 2.66. The number of hydrogen-bond donors (Lipinski definition) is 2. The molecule has 3 aromatic rings. The van der Waals surface area contributed by atoms with Crippen molar-refractivity contribution in [3.05, 3.63) is 65.2 Å². The topological polar surface area (TPSA) is 85.3 Å². The molecule has 2 amide bonds. The highest BCUT2D eigenvalue weighted by Crippen LogP contribution is 2.31. The number of amides is 2. The summed E-state index contributed by atoms with van der Waals surface area (Å²) in [6, 6.07) is 10.9. The van der Waals surface area contributed by atoms with E-state index in [0.29, 0.717) is 5.56 Å². The summed E-state index contributed by atoms with van der Waals surface area (Å²) in [6.45, 7) is 2.08. The number of nitrogens with two attached hydrogens (primary N) is 1. The van der Waals surface area contributed by atoms with Crippen molar-refractivity contribution in [2.45, 2.75) is 19.8 Å². The molecule has 0 aliphatic heterocycles. The molecule has 1 aromatic heterocycles. The van der Waals surface area contributed by atoms with Crippen molar-refractivity contribution in [2.24, 2.45) is 5.73 Å². The minimum absolute atomic E-state index is 0.0737. The van der Waals surface area contributed by atoms with Crippen LogP contribution in [-0.4, -0.2) is 11.8 Å². The minimum atomic E-state index is -0.842. The van der Waals surface area contributed by atoms with Crippen molar-refractivity contribution < 1.29 is 18.4 Å². The molecule has 3 rings (SSSR count). The molecule has 1 heterocycles. The molecule has 0 saturated carbocycles. The smallest absolute Gasteiger partial charge is 0.286 e. The van der Waals surface area contributed by atoms with Gasteiger partial charge in [-0.2, -0.15) is 0 Å². The number of furan rings is 1. The number of hydrogen-bond acceptors (Lipinski definition) is 3. The average molecular weight is 340 g/mol. The van der Waals surface area contributed by atoms with Crippen molar-refractivity contribution in [1.82, 2.24) is 0 Å². The predicted octanol–water partition coefficient (Wildman–Crippen LogP) is 3.88. The van der Waals surface area contributed by atoms with Crippen LogP contribution in [0.1, 0.15) is 39.8 Å². The van der Waals surface area contributed by atoms with Crippen LogP contribution in [0.5, 0.6) is 0 Å². The van der Waals surface area contributed by atoms with Gasteiger partial charge in [-0.05, 0) is 42.3 Å². The van der Waals surface area contributed by atoms with E-state index in [2.05, 4.69) is 12.2 Å². The van der Waals surface area contributed by atoms with Crippen molar-refractivity contribution in [2.75, 3.05) is 5.32 Å². The van der Waals surface area contributed by atoms with Crippen LogP contribution >= 0.6 is 0 Å². The number of aryl methyl sites for hydroxylation is 1. The van der Waals surface area contributed by atoms with Crippen LogP contribution in [-0.2, 0) is 6.42 Å². The molecule has 3 N–H and O–H groups in total. The third-order valence-corrected chi connectivity index (χ3v) is 3.87. The second-order valence-electron chi connectivity index (χ2n) is 5.71. The van der Waals surface area contributed by atoms with E-state index in [-0.39, 0.29) is 22.4 Å². The van der Waals surface area contributed by atoms with Crippen LogP contribution in [0.25, 0.3) is 11.0 Å². The van der Waals surface area contributed by atoms with Gasteiger partial charge in [0.05, 0.1) is 0 Å². The minimum Gasteiger partial charge on any atom is -0.449 e. The van der Waals surface area contributed by atoms with E-state index in [9.17, 15) is 14.0 Å². The van der Waals surface area contributed by atoms with Crippen molar-refractivity contribution in [3.63, 3.8) is 0 Å². The summed E-state index contributed by atoms with van der Waals surface area (Å²) in [4.78, 5) is 24.1. The summed E-state index contributed by atoms with van der Waals surface area (Å²) in [5.74, 6) is -2.00. The molecule has 0 aliphatic rings. The maximum atomic E-state index is 13.5. The Morgan fingerprint density at radius 1 is 1.16 bits per heavy atom. The highest BCUT2D eigenvalue weighted by molar-refractivity contribution is 6.14. The van der Waals surface area contributed by atoms with Crippen LogP contribution in [0, 0.1) is 5.82 Å². The van der Waals surface area contributed by atoms with Crippen LogP contribution in [0.15, 0.2) is 46.9 Å². The van der Waals surface area contributed by atoms with E-state index in [4.69, 9.17) is 10.2 Å². The molecule has 0 unspecified atom stereocenters. The van der Waals surface area contributed by atoms with E-state index < -0.39 is 17.6 Å². The molecule has 25 heavy (non-hydrogen) atoms. The first kappa shape index (κ1) is 16.7. The zero-order valence-corrected chi connectivity index (χ0v) is 13.6. The van der Waals surface area contributed by atoms with Crippen LogP contribution < -0.4 is 11.1 Å². The van der Waals surface area contributed by atoms with E-state index >= 15 is 0 Å². The maximum absolute atomic E-state index is 13.5. The monoisotopic (exact) mass is 340 g/mol. The summed E-state index contributed by atoms with van der Waals surface area (Å²) >= 11 is 0. The molecule has 0 aliphatic carbocycles. The van der Waals surface area contributed by atoms with E-state index in [1.165, 1.54) is 18.2 Å². The lowest BCUT2D eigenvalue weighted by Crippen LogP contribution is -2.17. The summed E-state index contributed by atoms with van der Waals surface area (Å²) in [5, 5.41) is 2.89. The van der Waals surface area contributed by atoms with Gasteiger partial charge < -0.3 is 15.5 Å². The third-order valence-electron chi connectivity index (χ3n) is 3.87. The molecule has 128 valence electrons. The number of halogens is 1. The van der Waals surface area contributed by atoms with Crippen LogP contribution in [0.3, 0.4) is 0 Å². The molecule has 6 heteroatoms. The molecule has 0 bridgehead atoms. The highest BCUT2D eigenvalue weighted by Gasteiger charge is 2.21. The largest absolute Gasteiger partial charge is 0.449 e. The van der Waals surface area contributed by atoms with Gasteiger partial charge in [0.15, 0.2) is 0 Å². The summed E-state index contributed by atoms with van der Waals surface area (Å²) in [6.07, 6.45) is 1.94. The zero-order valence-electron chi connectivity index (χ0n) is 13.6. The zero-order chi connectivity index (χ0) is 18.0. The van der Waals surface area contributed by atoms with Gasteiger partial charge in [-0.15, -0.1) is 0 Å². The van der Waals surface area contributed by atoms with Crippen molar-refractivity contribution in [1.29, 1.82) is 0 Å². The quantitative estimate of drug-likeness (QED) is 0.739. The Kier molecular flexibility index (Phi) is 4.52. The first-order valence-electron chi connectivity index (χ1n) is 7.91. The van der Waals surface area contributed by atoms with Gasteiger partial charge in [0.1, 0.15) is 17.1 Å². The lowest BCUT2D eigenvalue weighted by Gasteiger charge is -2.06. The average Bonchev–Trinajstić information content (AvgIpc) is 2.94. The molecular weight excluding hydrogens is 323 g/mol. The van der Waals surface area contributed by atoms with Crippen molar-refractivity contribution >= 4 is 28.5 Å². The Balaban J connectivity index is 1.96. The third kappa shape index (κ3) is 3.38. The molecule has 0 radical (unpaired) electrons. The van der Waals surface area contributed by atoms with E-state index in [1.807, 2.05) is 12.1 Å². The highest BCUT2D eigenvalue weighted by atomic mass is 19.1. The molecule has 0 saturated heterocycles. The maximum Gasteiger partial charge on any atom is 0.286 e. The normalized spacial score (nSPS) is 10.8. The summed E-state index contributed by atoms with van der Waals surface area (Å²) in [7, 11) is 0. The number of benzene rings is 2. The molecule has 2 aromatic carbocycles. The number of carbonyl (C=O) groups excluding carboxylic acids is 2. The van der Waals surface area contributed by atoms with Crippen LogP contribution in [0.2, 0.25) is 0 Å². The number of primary amides is 1. The lowest BCUT2D eigenvalue weighted by atomic mass is 10.1. The number of anilines is 1. The first-order chi connectivity index (χ1) is 12.0. The van der Waals surface area contributed by atoms with Gasteiger partial charge >= 0.3 is 0 Å². The Morgan fingerprint density at radius 3 is 2.52 bits per heavy atom. The predicted molar refractivity (Wildman–Crippen MR) is 93.1 cm³/mol. The Morgan fingerprint density at radius 2 is 1.88 bits per heavy atom. The van der Waals surface area contributed by atoms with Gasteiger partial charge in [-0.1, -0.05) is 25.5 Å². The Bertz CT molecular complexity index is 945. The molecule has 0 atom stereocenters. The number of rotatable bonds is 5. The molecule has 0 spiro atoms. The molecular formula is C19H17FN2O3. The van der Waals surface area contributed by atoms with E-state index in [0.717, 1.165) is 18.4 Å². The summed E-state index contributed by atoms with van der Waals surface area (Å²) < 4.78 is 18.9. The molecule has 0 fully saturated rings. The van der Waals surface area contributed by atoms with Gasteiger partial charge in [-0.25, -0.2) is 4.39 Å². The molecule has 5 nitrogen and oxygen atoms in total. The van der Waals surface area contributed by atoms with Gasteiger partial charge in [-0.3, -0.25) is 9.59 Å².